The lowest BCUT2D eigenvalue weighted by Crippen LogP contribution is -2.13. The molecule has 0 saturated carbocycles. The molecule has 1 heterocycles. The van der Waals surface area contributed by atoms with Gasteiger partial charge in [0.1, 0.15) is 0 Å². The molecule has 0 aliphatic rings. The maximum Gasteiger partial charge on any atom is 0.343 e. The number of aromatic amines is 1. The Balaban J connectivity index is 2.63. The Morgan fingerprint density at radius 3 is 2.80 bits per heavy atom. The predicted octanol–water partition coefficient (Wildman–Crippen LogP) is 0.234. The molecular weight excluding hydrogens is 192 g/mol. The van der Waals surface area contributed by atoms with E-state index in [4.69, 9.17) is 5.73 Å². The van der Waals surface area contributed by atoms with Crippen molar-refractivity contribution in [3.05, 3.63) is 40.3 Å². The van der Waals surface area contributed by atoms with Gasteiger partial charge < -0.3 is 5.73 Å². The van der Waals surface area contributed by atoms with Gasteiger partial charge in [-0.1, -0.05) is 24.3 Å². The fourth-order valence-electron chi connectivity index (χ4n) is 1.50. The van der Waals surface area contributed by atoms with Gasteiger partial charge in [-0.2, -0.15) is 5.10 Å². The van der Waals surface area contributed by atoms with Crippen LogP contribution in [0, 0.1) is 0 Å². The topological polar surface area (TPSA) is 76.7 Å². The summed E-state index contributed by atoms with van der Waals surface area (Å²) >= 11 is 0. The summed E-state index contributed by atoms with van der Waals surface area (Å²) in [6, 6.07) is 7.64. The van der Waals surface area contributed by atoms with Crippen molar-refractivity contribution >= 4 is 0 Å². The second-order valence-electron chi connectivity index (χ2n) is 3.27. The third-order valence-electron chi connectivity index (χ3n) is 2.36. The number of hydrogen-bond acceptors (Lipinski definition) is 3. The Hall–Kier alpha value is -1.88. The molecule has 78 valence electrons. The number of aromatic nitrogens is 3. The first-order chi connectivity index (χ1) is 7.24. The first kappa shape index (κ1) is 9.67. The summed E-state index contributed by atoms with van der Waals surface area (Å²) in [4.78, 5) is 11.2. The highest BCUT2D eigenvalue weighted by atomic mass is 16.1. The molecular formula is C10H12N4O. The fourth-order valence-corrected chi connectivity index (χ4v) is 1.50. The van der Waals surface area contributed by atoms with E-state index >= 15 is 0 Å². The van der Waals surface area contributed by atoms with Crippen LogP contribution >= 0.6 is 0 Å². The predicted molar refractivity (Wildman–Crippen MR) is 57.2 cm³/mol. The average molecular weight is 204 g/mol. The third-order valence-corrected chi connectivity index (χ3v) is 2.36. The minimum atomic E-state index is -0.225. The zero-order chi connectivity index (χ0) is 10.8. The Kier molecular flexibility index (Phi) is 2.39. The molecule has 1 aromatic carbocycles. The highest BCUT2D eigenvalue weighted by molar-refractivity contribution is 5.60. The van der Waals surface area contributed by atoms with E-state index in [2.05, 4.69) is 10.2 Å². The zero-order valence-corrected chi connectivity index (χ0v) is 8.40. The van der Waals surface area contributed by atoms with Crippen molar-refractivity contribution in [1.29, 1.82) is 0 Å². The van der Waals surface area contributed by atoms with Crippen LogP contribution in [0.2, 0.25) is 0 Å². The summed E-state index contributed by atoms with van der Waals surface area (Å²) in [6.45, 7) is 0.428. The quantitative estimate of drug-likeness (QED) is 0.735. The van der Waals surface area contributed by atoms with E-state index in [0.29, 0.717) is 12.4 Å². The van der Waals surface area contributed by atoms with Crippen LogP contribution in [0.5, 0.6) is 0 Å². The van der Waals surface area contributed by atoms with Crippen LogP contribution in [0.15, 0.2) is 29.1 Å². The molecule has 0 fully saturated rings. The maximum absolute atomic E-state index is 11.2. The molecule has 0 unspecified atom stereocenters. The number of benzene rings is 1. The van der Waals surface area contributed by atoms with Gasteiger partial charge >= 0.3 is 5.69 Å². The van der Waals surface area contributed by atoms with Crippen molar-refractivity contribution in [3.8, 4) is 11.4 Å². The first-order valence-corrected chi connectivity index (χ1v) is 4.63. The molecule has 1 aromatic heterocycles. The van der Waals surface area contributed by atoms with Crippen molar-refractivity contribution in [2.24, 2.45) is 12.8 Å². The van der Waals surface area contributed by atoms with Gasteiger partial charge in [0.2, 0.25) is 0 Å². The van der Waals surface area contributed by atoms with E-state index in [9.17, 15) is 4.79 Å². The van der Waals surface area contributed by atoms with Gasteiger partial charge in [-0.3, -0.25) is 4.57 Å². The molecule has 5 heteroatoms. The Morgan fingerprint density at radius 2 is 2.20 bits per heavy atom. The van der Waals surface area contributed by atoms with E-state index in [1.165, 1.54) is 4.57 Å². The number of H-pyrrole nitrogens is 1. The van der Waals surface area contributed by atoms with Crippen molar-refractivity contribution < 1.29 is 0 Å². The molecule has 5 nitrogen and oxygen atoms in total. The van der Waals surface area contributed by atoms with Crippen LogP contribution in [0.3, 0.4) is 0 Å². The van der Waals surface area contributed by atoms with Gasteiger partial charge in [0.25, 0.3) is 0 Å². The molecule has 0 aliphatic heterocycles. The molecule has 0 saturated heterocycles. The molecule has 0 radical (unpaired) electrons. The number of nitrogens with zero attached hydrogens (tertiary/aromatic N) is 2. The second-order valence-corrected chi connectivity index (χ2v) is 3.27. The molecule has 2 rings (SSSR count). The van der Waals surface area contributed by atoms with Crippen molar-refractivity contribution in [1.82, 2.24) is 14.8 Å². The molecule has 2 aromatic rings. The van der Waals surface area contributed by atoms with E-state index in [1.807, 2.05) is 24.3 Å². The smallest absolute Gasteiger partial charge is 0.326 e. The van der Waals surface area contributed by atoms with Gasteiger partial charge in [0, 0.05) is 19.2 Å². The number of hydrogen-bond donors (Lipinski definition) is 2. The molecule has 15 heavy (non-hydrogen) atoms. The highest BCUT2D eigenvalue weighted by Gasteiger charge is 2.09. The van der Waals surface area contributed by atoms with Crippen LogP contribution in [-0.2, 0) is 13.6 Å². The lowest BCUT2D eigenvalue weighted by molar-refractivity contribution is 0.867. The van der Waals surface area contributed by atoms with E-state index < -0.39 is 0 Å². The fraction of sp³-hybridized carbons (Fsp3) is 0.200. The van der Waals surface area contributed by atoms with Crippen LogP contribution in [0.25, 0.3) is 11.4 Å². The number of nitrogens with one attached hydrogen (secondary N) is 1. The highest BCUT2D eigenvalue weighted by Crippen LogP contribution is 2.19. The minimum absolute atomic E-state index is 0.225. The summed E-state index contributed by atoms with van der Waals surface area (Å²) in [5, 5.41) is 6.37. The molecule has 0 atom stereocenters. The SMILES string of the molecule is Cn1c(-c2ccccc2CN)n[nH]c1=O. The van der Waals surface area contributed by atoms with Crippen LogP contribution < -0.4 is 11.4 Å². The van der Waals surface area contributed by atoms with E-state index in [-0.39, 0.29) is 5.69 Å². The summed E-state index contributed by atoms with van der Waals surface area (Å²) < 4.78 is 1.47. The summed E-state index contributed by atoms with van der Waals surface area (Å²) in [5.41, 5.74) is 7.26. The summed E-state index contributed by atoms with van der Waals surface area (Å²) in [5.74, 6) is 0.612. The largest absolute Gasteiger partial charge is 0.343 e. The second kappa shape index (κ2) is 3.70. The van der Waals surface area contributed by atoms with Crippen molar-refractivity contribution in [2.45, 2.75) is 6.54 Å². The third kappa shape index (κ3) is 1.57. The summed E-state index contributed by atoms with van der Waals surface area (Å²) in [6.07, 6.45) is 0. The molecule has 0 aliphatic carbocycles. The van der Waals surface area contributed by atoms with E-state index in [0.717, 1.165) is 11.1 Å². The van der Waals surface area contributed by atoms with Crippen molar-refractivity contribution in [2.75, 3.05) is 0 Å². The molecule has 0 amide bonds. The first-order valence-electron chi connectivity index (χ1n) is 4.63. The average Bonchev–Trinajstić information content (AvgIpc) is 2.60. The number of nitrogens with two attached hydrogens (primary N) is 1. The monoisotopic (exact) mass is 204 g/mol. The van der Waals surface area contributed by atoms with Crippen LogP contribution in [0.1, 0.15) is 5.56 Å². The lowest BCUT2D eigenvalue weighted by Gasteiger charge is -2.05. The minimum Gasteiger partial charge on any atom is -0.326 e. The Morgan fingerprint density at radius 1 is 1.47 bits per heavy atom. The van der Waals surface area contributed by atoms with Gasteiger partial charge in [-0.15, -0.1) is 0 Å². The zero-order valence-electron chi connectivity index (χ0n) is 8.40. The van der Waals surface area contributed by atoms with E-state index in [1.54, 1.807) is 7.05 Å². The molecule has 0 bridgehead atoms. The lowest BCUT2D eigenvalue weighted by atomic mass is 10.1. The van der Waals surface area contributed by atoms with Crippen LogP contribution in [0.4, 0.5) is 0 Å². The number of rotatable bonds is 2. The van der Waals surface area contributed by atoms with Crippen molar-refractivity contribution in [3.63, 3.8) is 0 Å². The normalized spacial score (nSPS) is 10.5. The Labute approximate surface area is 86.5 Å². The Bertz CT molecular complexity index is 526. The summed E-state index contributed by atoms with van der Waals surface area (Å²) in [7, 11) is 1.68. The standard InChI is InChI=1S/C10H12N4O/c1-14-9(12-13-10(14)15)8-5-3-2-4-7(8)6-11/h2-5H,6,11H2,1H3,(H,13,15). The molecule has 3 N–H and O–H groups in total. The van der Waals surface area contributed by atoms with Crippen LogP contribution in [-0.4, -0.2) is 14.8 Å². The van der Waals surface area contributed by atoms with Gasteiger partial charge in [-0.05, 0) is 5.56 Å². The van der Waals surface area contributed by atoms with Gasteiger partial charge in [-0.25, -0.2) is 9.89 Å². The van der Waals surface area contributed by atoms with Gasteiger partial charge in [0.05, 0.1) is 0 Å². The van der Waals surface area contributed by atoms with Gasteiger partial charge in [0.15, 0.2) is 5.82 Å². The maximum atomic E-state index is 11.2. The molecule has 0 spiro atoms.